The van der Waals surface area contributed by atoms with Crippen molar-refractivity contribution in [3.8, 4) is 17.1 Å². The number of ether oxygens (including phenoxy) is 1. The van der Waals surface area contributed by atoms with Crippen LogP contribution in [0.5, 0.6) is 6.01 Å². The number of carboxylic acid groups (broad SMARTS) is 1. The van der Waals surface area contributed by atoms with Gasteiger partial charge in [0.1, 0.15) is 0 Å². The molecule has 0 saturated heterocycles. The van der Waals surface area contributed by atoms with Crippen molar-refractivity contribution in [1.29, 1.82) is 0 Å². The summed E-state index contributed by atoms with van der Waals surface area (Å²) in [5, 5.41) is 12.7. The number of nitrogens with one attached hydrogen (secondary N) is 1. The topological polar surface area (TPSA) is 93.5 Å². The Labute approximate surface area is 239 Å². The predicted molar refractivity (Wildman–Crippen MR) is 161 cm³/mol. The molecule has 1 heterocycles. The van der Waals surface area contributed by atoms with Crippen LogP contribution >= 0.6 is 0 Å². The lowest BCUT2D eigenvalue weighted by molar-refractivity contribution is 0.0697. The third kappa shape index (κ3) is 5.99. The number of carboxylic acids is 1. The van der Waals surface area contributed by atoms with E-state index in [2.05, 4.69) is 24.4 Å². The average Bonchev–Trinajstić information content (AvgIpc) is 3.34. The van der Waals surface area contributed by atoms with Gasteiger partial charge in [-0.25, -0.2) is 4.79 Å². The standard InChI is InChI=1S/C34H33N3O4/c1-4-41-34-36-31-22(2)18-27(32(38)35-20-23(3)25-10-6-5-7-11-25)19-30(31)37(34)21-24-14-16-26(17-15-24)28-12-8-9-13-29(28)33(39)40/h5-19,23H,4,20-21H2,1-3H3,(H,35,38)(H,39,40)/t23-/m0/s1. The lowest BCUT2D eigenvalue weighted by Crippen LogP contribution is -2.27. The van der Waals surface area contributed by atoms with Crippen LogP contribution in [0.4, 0.5) is 0 Å². The van der Waals surface area contributed by atoms with Crippen LogP contribution in [0.3, 0.4) is 0 Å². The third-order valence-electron chi connectivity index (χ3n) is 7.25. The minimum Gasteiger partial charge on any atom is -0.478 e. The summed E-state index contributed by atoms with van der Waals surface area (Å²) in [7, 11) is 0. The Balaban J connectivity index is 1.42. The first-order chi connectivity index (χ1) is 19.9. The largest absolute Gasteiger partial charge is 0.478 e. The molecule has 7 nitrogen and oxygen atoms in total. The summed E-state index contributed by atoms with van der Waals surface area (Å²) >= 11 is 0. The highest BCUT2D eigenvalue weighted by Gasteiger charge is 2.18. The molecule has 0 saturated carbocycles. The second-order valence-corrected chi connectivity index (χ2v) is 10.1. The fourth-order valence-electron chi connectivity index (χ4n) is 5.04. The number of carbonyl (C=O) groups is 2. The molecular weight excluding hydrogens is 514 g/mol. The quantitative estimate of drug-likeness (QED) is 0.203. The van der Waals surface area contributed by atoms with Crippen molar-refractivity contribution in [3.05, 3.63) is 119 Å². The molecular formula is C34H33N3O4. The summed E-state index contributed by atoms with van der Waals surface area (Å²) in [4.78, 5) is 29.7. The van der Waals surface area contributed by atoms with E-state index >= 15 is 0 Å². The molecule has 0 spiro atoms. The van der Waals surface area contributed by atoms with Gasteiger partial charge < -0.3 is 15.2 Å². The maximum Gasteiger partial charge on any atom is 0.336 e. The van der Waals surface area contributed by atoms with Gasteiger partial charge in [0.25, 0.3) is 11.9 Å². The van der Waals surface area contributed by atoms with Gasteiger partial charge in [-0.1, -0.05) is 79.7 Å². The van der Waals surface area contributed by atoms with E-state index in [4.69, 9.17) is 9.72 Å². The fourth-order valence-corrected chi connectivity index (χ4v) is 5.04. The lowest BCUT2D eigenvalue weighted by Gasteiger charge is -2.14. The van der Waals surface area contributed by atoms with Crippen molar-refractivity contribution in [2.45, 2.75) is 33.2 Å². The summed E-state index contributed by atoms with van der Waals surface area (Å²) in [6.45, 7) is 7.42. The van der Waals surface area contributed by atoms with E-state index in [1.165, 1.54) is 5.56 Å². The first kappa shape index (κ1) is 27.6. The van der Waals surface area contributed by atoms with Crippen LogP contribution in [0.25, 0.3) is 22.2 Å². The molecule has 1 amide bonds. The van der Waals surface area contributed by atoms with Gasteiger partial charge in [0.2, 0.25) is 0 Å². The number of hydrogen-bond acceptors (Lipinski definition) is 4. The molecule has 0 unspecified atom stereocenters. The molecule has 41 heavy (non-hydrogen) atoms. The first-order valence-corrected chi connectivity index (χ1v) is 13.7. The number of benzene rings is 4. The molecule has 5 aromatic rings. The minimum absolute atomic E-state index is 0.134. The molecule has 7 heteroatoms. The summed E-state index contributed by atoms with van der Waals surface area (Å²) in [6.07, 6.45) is 0. The van der Waals surface area contributed by atoms with E-state index in [-0.39, 0.29) is 17.4 Å². The molecule has 2 N–H and O–H groups in total. The van der Waals surface area contributed by atoms with Crippen molar-refractivity contribution in [3.63, 3.8) is 0 Å². The van der Waals surface area contributed by atoms with Crippen molar-refractivity contribution in [2.75, 3.05) is 13.2 Å². The normalized spacial score (nSPS) is 11.8. The molecule has 5 rings (SSSR count). The Kier molecular flexibility index (Phi) is 8.15. The number of aromatic carboxylic acids is 1. The van der Waals surface area contributed by atoms with Crippen LogP contribution in [-0.4, -0.2) is 39.7 Å². The van der Waals surface area contributed by atoms with Gasteiger partial charge in [0.05, 0.1) is 29.7 Å². The first-order valence-electron chi connectivity index (χ1n) is 13.7. The maximum atomic E-state index is 13.2. The van der Waals surface area contributed by atoms with E-state index in [0.717, 1.165) is 27.7 Å². The average molecular weight is 548 g/mol. The van der Waals surface area contributed by atoms with Crippen molar-refractivity contribution in [2.24, 2.45) is 0 Å². The molecule has 0 bridgehead atoms. The van der Waals surface area contributed by atoms with Gasteiger partial charge in [-0.05, 0) is 65.8 Å². The summed E-state index contributed by atoms with van der Waals surface area (Å²) < 4.78 is 7.88. The van der Waals surface area contributed by atoms with E-state index in [1.807, 2.05) is 85.1 Å². The van der Waals surface area contributed by atoms with E-state index in [9.17, 15) is 14.7 Å². The molecule has 4 aromatic carbocycles. The number of fused-ring (bicyclic) bond motifs is 1. The Hall–Kier alpha value is -4.91. The second kappa shape index (κ2) is 12.1. The van der Waals surface area contributed by atoms with Crippen LogP contribution in [0.1, 0.15) is 57.2 Å². The molecule has 0 radical (unpaired) electrons. The smallest absolute Gasteiger partial charge is 0.336 e. The highest BCUT2D eigenvalue weighted by molar-refractivity contribution is 5.98. The zero-order valence-electron chi connectivity index (χ0n) is 23.4. The highest BCUT2D eigenvalue weighted by Crippen LogP contribution is 2.29. The molecule has 208 valence electrons. The summed E-state index contributed by atoms with van der Waals surface area (Å²) in [5.74, 6) is -0.906. The highest BCUT2D eigenvalue weighted by atomic mass is 16.5. The maximum absolute atomic E-state index is 13.2. The van der Waals surface area contributed by atoms with Crippen molar-refractivity contribution < 1.29 is 19.4 Å². The molecule has 0 aliphatic heterocycles. The van der Waals surface area contributed by atoms with Crippen LogP contribution in [-0.2, 0) is 6.54 Å². The zero-order chi connectivity index (χ0) is 28.9. The SMILES string of the molecule is CCOc1nc2c(C)cc(C(=O)NC[C@H](C)c3ccccc3)cc2n1Cc1ccc(-c2ccccc2C(=O)O)cc1. The van der Waals surface area contributed by atoms with Crippen LogP contribution in [0, 0.1) is 6.92 Å². The monoisotopic (exact) mass is 547 g/mol. The number of hydrogen-bond donors (Lipinski definition) is 2. The van der Waals surface area contributed by atoms with E-state index in [1.54, 1.807) is 12.1 Å². The molecule has 1 atom stereocenters. The summed E-state index contributed by atoms with van der Waals surface area (Å²) in [5.41, 5.74) is 6.99. The fraction of sp³-hybridized carbons (Fsp3) is 0.206. The van der Waals surface area contributed by atoms with Gasteiger partial charge in [-0.2, -0.15) is 4.98 Å². The Morgan fingerprint density at radius 2 is 1.68 bits per heavy atom. The Morgan fingerprint density at radius 3 is 2.39 bits per heavy atom. The van der Waals surface area contributed by atoms with Crippen molar-refractivity contribution in [1.82, 2.24) is 14.9 Å². The number of carbonyl (C=O) groups excluding carboxylic acids is 1. The van der Waals surface area contributed by atoms with Crippen LogP contribution < -0.4 is 10.1 Å². The number of amides is 1. The third-order valence-corrected chi connectivity index (χ3v) is 7.25. The molecule has 0 aliphatic carbocycles. The number of rotatable bonds is 10. The second-order valence-electron chi connectivity index (χ2n) is 10.1. The lowest BCUT2D eigenvalue weighted by atomic mass is 9.99. The van der Waals surface area contributed by atoms with Gasteiger partial charge in [-0.3, -0.25) is 9.36 Å². The molecule has 1 aromatic heterocycles. The number of aromatic nitrogens is 2. The number of imidazole rings is 1. The molecule has 0 fully saturated rings. The van der Waals surface area contributed by atoms with Gasteiger partial charge >= 0.3 is 5.97 Å². The number of nitrogens with zero attached hydrogens (tertiary/aromatic N) is 2. The van der Waals surface area contributed by atoms with Gasteiger partial charge in [0.15, 0.2) is 0 Å². The predicted octanol–water partition coefficient (Wildman–Crippen LogP) is 6.69. The Morgan fingerprint density at radius 1 is 0.976 bits per heavy atom. The van der Waals surface area contributed by atoms with Crippen LogP contribution in [0.2, 0.25) is 0 Å². The van der Waals surface area contributed by atoms with E-state index < -0.39 is 5.97 Å². The summed E-state index contributed by atoms with van der Waals surface area (Å²) in [6, 6.07) is 29.1. The van der Waals surface area contributed by atoms with Gasteiger partial charge in [0, 0.05) is 12.1 Å². The molecule has 0 aliphatic rings. The van der Waals surface area contributed by atoms with E-state index in [0.29, 0.717) is 36.8 Å². The van der Waals surface area contributed by atoms with Gasteiger partial charge in [-0.15, -0.1) is 0 Å². The zero-order valence-corrected chi connectivity index (χ0v) is 23.4. The van der Waals surface area contributed by atoms with Crippen molar-refractivity contribution >= 4 is 22.9 Å². The number of aryl methyl sites for hydroxylation is 1. The van der Waals surface area contributed by atoms with Crippen LogP contribution in [0.15, 0.2) is 91.0 Å². The Bertz CT molecular complexity index is 1690. The minimum atomic E-state index is -0.958.